The highest BCUT2D eigenvalue weighted by Gasteiger charge is 2.27. The Morgan fingerprint density at radius 2 is 1.41 bits per heavy atom. The molecule has 1 aromatic heterocycles. The summed E-state index contributed by atoms with van der Waals surface area (Å²) in [7, 11) is 3.24. The van der Waals surface area contributed by atoms with Crippen LogP contribution in [0.3, 0.4) is 0 Å². The molecule has 0 aliphatic carbocycles. The quantitative estimate of drug-likeness (QED) is 0.625. The molecule has 5 heteroatoms. The van der Waals surface area contributed by atoms with Crippen LogP contribution in [0.4, 0.5) is 0 Å². The molecule has 5 nitrogen and oxygen atoms in total. The van der Waals surface area contributed by atoms with E-state index in [1.165, 1.54) is 0 Å². The van der Waals surface area contributed by atoms with Crippen molar-refractivity contribution in [3.05, 3.63) is 41.6 Å². The lowest BCUT2D eigenvalue weighted by molar-refractivity contribution is 0.397. The summed E-state index contributed by atoms with van der Waals surface area (Å²) in [5, 5.41) is 11.8. The van der Waals surface area contributed by atoms with Gasteiger partial charge < -0.3 is 14.6 Å². The fraction of sp³-hybridized carbons (Fsp3) is 0.417. The number of aromatic hydroxyl groups is 1. The molecule has 2 aromatic carbocycles. The van der Waals surface area contributed by atoms with E-state index in [0.717, 1.165) is 27.6 Å². The Kier molecular flexibility index (Phi) is 5.20. The van der Waals surface area contributed by atoms with Crippen molar-refractivity contribution in [2.45, 2.75) is 52.4 Å². The van der Waals surface area contributed by atoms with Crippen LogP contribution in [0.1, 0.15) is 52.7 Å². The Morgan fingerprint density at radius 3 is 1.90 bits per heavy atom. The minimum atomic E-state index is -0.219. The summed E-state index contributed by atoms with van der Waals surface area (Å²) in [5.74, 6) is 2.29. The molecule has 154 valence electrons. The number of aromatic nitrogens is 2. The molecule has 3 aromatic rings. The smallest absolute Gasteiger partial charge is 0.159 e. The second kappa shape index (κ2) is 7.21. The van der Waals surface area contributed by atoms with Crippen molar-refractivity contribution in [1.82, 2.24) is 9.97 Å². The van der Waals surface area contributed by atoms with E-state index in [0.29, 0.717) is 23.1 Å². The molecule has 0 bridgehead atoms. The van der Waals surface area contributed by atoms with Crippen LogP contribution in [0.25, 0.3) is 22.3 Å². The van der Waals surface area contributed by atoms with Crippen LogP contribution in [0, 0.1) is 0 Å². The number of methoxy groups -OCH3 is 2. The predicted molar refractivity (Wildman–Crippen MR) is 117 cm³/mol. The van der Waals surface area contributed by atoms with E-state index in [1.54, 1.807) is 20.4 Å². The number of hydrogen-bond donors (Lipinski definition) is 1. The average Bonchev–Trinajstić information content (AvgIpc) is 2.64. The van der Waals surface area contributed by atoms with Gasteiger partial charge in [-0.2, -0.15) is 0 Å². The van der Waals surface area contributed by atoms with Gasteiger partial charge in [-0.3, -0.25) is 0 Å². The van der Waals surface area contributed by atoms with Gasteiger partial charge in [0, 0.05) is 35.0 Å². The number of fused-ring (bicyclic) bond motifs is 1. The van der Waals surface area contributed by atoms with E-state index in [1.807, 2.05) is 24.3 Å². The maximum absolute atomic E-state index is 11.0. The summed E-state index contributed by atoms with van der Waals surface area (Å²) < 4.78 is 10.8. The van der Waals surface area contributed by atoms with Crippen LogP contribution in [-0.2, 0) is 10.8 Å². The van der Waals surface area contributed by atoms with Gasteiger partial charge in [0.1, 0.15) is 17.2 Å². The molecule has 29 heavy (non-hydrogen) atoms. The minimum Gasteiger partial charge on any atom is -0.507 e. The normalized spacial score (nSPS) is 12.3. The lowest BCUT2D eigenvalue weighted by Crippen LogP contribution is -2.17. The van der Waals surface area contributed by atoms with E-state index in [4.69, 9.17) is 14.5 Å². The first-order chi connectivity index (χ1) is 13.5. The number of ether oxygens (including phenoxy) is 2. The number of nitrogens with zero attached hydrogens (tertiary/aromatic N) is 2. The van der Waals surface area contributed by atoms with E-state index in [-0.39, 0.29) is 10.8 Å². The van der Waals surface area contributed by atoms with Crippen LogP contribution in [0.2, 0.25) is 0 Å². The molecule has 1 heterocycles. The molecule has 0 saturated heterocycles. The average molecular weight is 395 g/mol. The van der Waals surface area contributed by atoms with Gasteiger partial charge in [0.15, 0.2) is 5.82 Å². The van der Waals surface area contributed by atoms with Crippen LogP contribution >= 0.6 is 0 Å². The van der Waals surface area contributed by atoms with Gasteiger partial charge in [0.2, 0.25) is 0 Å². The first kappa shape index (κ1) is 20.9. The fourth-order valence-electron chi connectivity index (χ4n) is 3.41. The SMILES string of the molecule is COc1cc(OC)c2cnc(-c3cc(C(C)(C)C)c(O)c(C(C)(C)C)c3)nc2c1. The summed E-state index contributed by atoms with van der Waals surface area (Å²) in [6, 6.07) is 7.67. The molecule has 0 unspecified atom stereocenters. The maximum atomic E-state index is 11.0. The van der Waals surface area contributed by atoms with Crippen molar-refractivity contribution >= 4 is 10.9 Å². The zero-order chi connectivity index (χ0) is 21.6. The topological polar surface area (TPSA) is 64.5 Å². The molecule has 0 saturated carbocycles. The highest BCUT2D eigenvalue weighted by Crippen LogP contribution is 2.41. The van der Waals surface area contributed by atoms with Gasteiger partial charge in [-0.15, -0.1) is 0 Å². The Hall–Kier alpha value is -2.82. The van der Waals surface area contributed by atoms with E-state index in [2.05, 4.69) is 46.5 Å². The van der Waals surface area contributed by atoms with Crippen molar-refractivity contribution < 1.29 is 14.6 Å². The van der Waals surface area contributed by atoms with E-state index >= 15 is 0 Å². The summed E-state index contributed by atoms with van der Waals surface area (Å²) in [6.45, 7) is 12.6. The largest absolute Gasteiger partial charge is 0.507 e. The van der Waals surface area contributed by atoms with Crippen molar-refractivity contribution in [3.63, 3.8) is 0 Å². The highest BCUT2D eigenvalue weighted by molar-refractivity contribution is 5.87. The van der Waals surface area contributed by atoms with Crippen LogP contribution < -0.4 is 9.47 Å². The standard InChI is InChI=1S/C24H30N2O3/c1-23(2,3)17-9-14(10-18(21(17)27)24(4,5)6)22-25-13-16-19(26-22)11-15(28-7)12-20(16)29-8/h9-13,27H,1-8H3. The van der Waals surface area contributed by atoms with Gasteiger partial charge >= 0.3 is 0 Å². The molecular formula is C24H30N2O3. The molecule has 0 amide bonds. The maximum Gasteiger partial charge on any atom is 0.159 e. The molecular weight excluding hydrogens is 364 g/mol. The summed E-state index contributed by atoms with van der Waals surface area (Å²) in [4.78, 5) is 9.39. The van der Waals surface area contributed by atoms with Crippen molar-refractivity contribution in [2.75, 3.05) is 14.2 Å². The van der Waals surface area contributed by atoms with Crippen LogP contribution in [0.5, 0.6) is 17.2 Å². The Morgan fingerprint density at radius 1 is 0.828 bits per heavy atom. The monoisotopic (exact) mass is 394 g/mol. The third-order valence-electron chi connectivity index (χ3n) is 5.08. The second-order valence-corrected chi connectivity index (χ2v) is 9.38. The highest BCUT2D eigenvalue weighted by atomic mass is 16.5. The molecule has 0 spiro atoms. The predicted octanol–water partition coefficient (Wildman–Crippen LogP) is 5.61. The van der Waals surface area contributed by atoms with Crippen molar-refractivity contribution in [2.24, 2.45) is 0 Å². The number of phenols is 1. The number of rotatable bonds is 3. The van der Waals surface area contributed by atoms with Crippen molar-refractivity contribution in [3.8, 4) is 28.6 Å². The molecule has 0 aliphatic heterocycles. The lowest BCUT2D eigenvalue weighted by Gasteiger charge is -2.28. The van der Waals surface area contributed by atoms with E-state index < -0.39 is 0 Å². The molecule has 0 aliphatic rings. The number of benzene rings is 2. The lowest BCUT2D eigenvalue weighted by atomic mass is 9.78. The Balaban J connectivity index is 2.28. The third kappa shape index (κ3) is 4.00. The van der Waals surface area contributed by atoms with Gasteiger partial charge in [-0.1, -0.05) is 41.5 Å². The summed E-state index contributed by atoms with van der Waals surface area (Å²) >= 11 is 0. The van der Waals surface area contributed by atoms with Gasteiger partial charge in [0.05, 0.1) is 25.1 Å². The van der Waals surface area contributed by atoms with Gasteiger partial charge in [-0.25, -0.2) is 9.97 Å². The Bertz CT molecular complexity index is 1030. The molecule has 3 rings (SSSR count). The number of hydrogen-bond acceptors (Lipinski definition) is 5. The molecule has 1 N–H and O–H groups in total. The molecule has 0 atom stereocenters. The van der Waals surface area contributed by atoms with Crippen molar-refractivity contribution in [1.29, 1.82) is 0 Å². The van der Waals surface area contributed by atoms with Gasteiger partial charge in [0.25, 0.3) is 0 Å². The van der Waals surface area contributed by atoms with Gasteiger partial charge in [-0.05, 0) is 23.0 Å². The first-order valence-corrected chi connectivity index (χ1v) is 9.73. The molecule has 0 radical (unpaired) electrons. The van der Waals surface area contributed by atoms with E-state index in [9.17, 15) is 5.11 Å². The van der Waals surface area contributed by atoms with Crippen LogP contribution in [-0.4, -0.2) is 29.3 Å². The second-order valence-electron chi connectivity index (χ2n) is 9.38. The fourth-order valence-corrected chi connectivity index (χ4v) is 3.41. The number of phenolic OH excluding ortho intramolecular Hbond substituents is 1. The first-order valence-electron chi connectivity index (χ1n) is 9.73. The zero-order valence-electron chi connectivity index (χ0n) is 18.5. The third-order valence-corrected chi connectivity index (χ3v) is 5.08. The van der Waals surface area contributed by atoms with Crippen LogP contribution in [0.15, 0.2) is 30.5 Å². The summed E-state index contributed by atoms with van der Waals surface area (Å²) in [6.07, 6.45) is 1.77. The Labute approximate surface area is 172 Å². The summed E-state index contributed by atoms with van der Waals surface area (Å²) in [5.41, 5.74) is 2.95. The zero-order valence-corrected chi connectivity index (χ0v) is 18.5. The minimum absolute atomic E-state index is 0.219. The molecule has 0 fully saturated rings.